The molecule has 0 fully saturated rings. The third kappa shape index (κ3) is 4.11. The van der Waals surface area contributed by atoms with Gasteiger partial charge in [0.25, 0.3) is 5.56 Å². The molecular weight excluding hydrogens is 273 g/mol. The molecule has 0 spiro atoms. The van der Waals surface area contributed by atoms with E-state index < -0.39 is 29.8 Å². The Labute approximate surface area is 114 Å². The second kappa shape index (κ2) is 6.11. The van der Waals surface area contributed by atoms with Crippen molar-refractivity contribution in [2.45, 2.75) is 39.5 Å². The van der Waals surface area contributed by atoms with Gasteiger partial charge in [-0.1, -0.05) is 13.8 Å². The number of pyridine rings is 1. The van der Waals surface area contributed by atoms with Crippen molar-refractivity contribution in [3.63, 3.8) is 0 Å². The van der Waals surface area contributed by atoms with Crippen molar-refractivity contribution in [1.82, 2.24) is 9.88 Å². The SMILES string of the molecule is CC(C)C(C)NC(=O)Cn1cccc(C(F)(F)F)c1=O. The number of hydrogen-bond donors (Lipinski definition) is 1. The van der Waals surface area contributed by atoms with E-state index in [2.05, 4.69) is 5.32 Å². The summed E-state index contributed by atoms with van der Waals surface area (Å²) in [4.78, 5) is 23.3. The van der Waals surface area contributed by atoms with E-state index in [4.69, 9.17) is 0 Å². The third-order valence-electron chi connectivity index (χ3n) is 3.03. The minimum atomic E-state index is -4.72. The molecule has 7 heteroatoms. The number of nitrogens with one attached hydrogen (secondary N) is 1. The van der Waals surface area contributed by atoms with Crippen molar-refractivity contribution >= 4 is 5.91 Å². The van der Waals surface area contributed by atoms with E-state index in [1.165, 1.54) is 0 Å². The lowest BCUT2D eigenvalue weighted by Crippen LogP contribution is -2.40. The number of halogens is 3. The van der Waals surface area contributed by atoms with Crippen LogP contribution in [-0.4, -0.2) is 16.5 Å². The molecule has 1 amide bonds. The molecule has 1 N–H and O–H groups in total. The molecule has 0 saturated heterocycles. The summed E-state index contributed by atoms with van der Waals surface area (Å²) < 4.78 is 38.5. The van der Waals surface area contributed by atoms with E-state index in [0.717, 1.165) is 16.8 Å². The Bertz CT molecular complexity index is 535. The van der Waals surface area contributed by atoms with Gasteiger partial charge in [0, 0.05) is 12.2 Å². The van der Waals surface area contributed by atoms with Gasteiger partial charge < -0.3 is 9.88 Å². The van der Waals surface area contributed by atoms with Crippen molar-refractivity contribution in [3.8, 4) is 0 Å². The van der Waals surface area contributed by atoms with Gasteiger partial charge in [-0.3, -0.25) is 9.59 Å². The molecule has 0 bridgehead atoms. The maximum Gasteiger partial charge on any atom is 0.421 e. The first-order valence-electron chi connectivity index (χ1n) is 6.19. The monoisotopic (exact) mass is 290 g/mol. The predicted octanol–water partition coefficient (Wildman–Crippen LogP) is 2.03. The van der Waals surface area contributed by atoms with Gasteiger partial charge in [-0.05, 0) is 25.0 Å². The fourth-order valence-corrected chi connectivity index (χ4v) is 1.50. The second-order valence-corrected chi connectivity index (χ2v) is 4.95. The van der Waals surface area contributed by atoms with Crippen LogP contribution in [0.3, 0.4) is 0 Å². The Kier molecular flexibility index (Phi) is 4.97. The van der Waals surface area contributed by atoms with Gasteiger partial charge in [-0.2, -0.15) is 13.2 Å². The van der Waals surface area contributed by atoms with Crippen LogP contribution < -0.4 is 10.9 Å². The lowest BCUT2D eigenvalue weighted by atomic mass is 10.1. The summed E-state index contributed by atoms with van der Waals surface area (Å²) in [5, 5.41) is 2.63. The van der Waals surface area contributed by atoms with Gasteiger partial charge in [0.1, 0.15) is 12.1 Å². The molecule has 0 aliphatic heterocycles. The summed E-state index contributed by atoms with van der Waals surface area (Å²) in [6, 6.07) is 1.68. The topological polar surface area (TPSA) is 51.1 Å². The molecule has 1 heterocycles. The van der Waals surface area contributed by atoms with Crippen LogP contribution in [0, 0.1) is 5.92 Å². The first-order valence-corrected chi connectivity index (χ1v) is 6.19. The summed E-state index contributed by atoms with van der Waals surface area (Å²) in [7, 11) is 0. The summed E-state index contributed by atoms with van der Waals surface area (Å²) in [5.74, 6) is -0.301. The first kappa shape index (κ1) is 16.3. The summed E-state index contributed by atoms with van der Waals surface area (Å²) >= 11 is 0. The van der Waals surface area contributed by atoms with Crippen molar-refractivity contribution in [1.29, 1.82) is 0 Å². The Balaban J connectivity index is 2.89. The predicted molar refractivity (Wildman–Crippen MR) is 68.1 cm³/mol. The fourth-order valence-electron chi connectivity index (χ4n) is 1.50. The number of nitrogens with zero attached hydrogens (tertiary/aromatic N) is 1. The fraction of sp³-hybridized carbons (Fsp3) is 0.538. The van der Waals surface area contributed by atoms with E-state index in [1.807, 2.05) is 13.8 Å². The Hall–Kier alpha value is -1.79. The highest BCUT2D eigenvalue weighted by atomic mass is 19.4. The molecule has 20 heavy (non-hydrogen) atoms. The molecule has 1 aromatic heterocycles. The van der Waals surface area contributed by atoms with Crippen LogP contribution in [0.15, 0.2) is 23.1 Å². The van der Waals surface area contributed by atoms with Crippen LogP contribution in [0.1, 0.15) is 26.3 Å². The van der Waals surface area contributed by atoms with Gasteiger partial charge >= 0.3 is 6.18 Å². The van der Waals surface area contributed by atoms with Crippen LogP contribution in [0.25, 0.3) is 0 Å². The number of carbonyl (C=O) groups excluding carboxylic acids is 1. The maximum absolute atomic E-state index is 12.6. The van der Waals surface area contributed by atoms with Gasteiger partial charge in [0.05, 0.1) is 0 Å². The van der Waals surface area contributed by atoms with Crippen molar-refractivity contribution in [3.05, 3.63) is 34.2 Å². The molecule has 1 rings (SSSR count). The minimum Gasteiger partial charge on any atom is -0.352 e. The number of hydrogen-bond acceptors (Lipinski definition) is 2. The van der Waals surface area contributed by atoms with Crippen molar-refractivity contribution < 1.29 is 18.0 Å². The van der Waals surface area contributed by atoms with Gasteiger partial charge in [-0.25, -0.2) is 0 Å². The van der Waals surface area contributed by atoms with Crippen LogP contribution in [0.2, 0.25) is 0 Å². The zero-order valence-corrected chi connectivity index (χ0v) is 11.5. The summed E-state index contributed by atoms with van der Waals surface area (Å²) in [5.41, 5.74) is -2.49. The quantitative estimate of drug-likeness (QED) is 0.922. The van der Waals surface area contributed by atoms with Gasteiger partial charge in [0.15, 0.2) is 0 Å². The number of carbonyl (C=O) groups is 1. The number of rotatable bonds is 4. The van der Waals surface area contributed by atoms with E-state index in [0.29, 0.717) is 6.07 Å². The van der Waals surface area contributed by atoms with Gasteiger partial charge in [0.2, 0.25) is 5.91 Å². The first-order chi connectivity index (χ1) is 9.12. The molecule has 0 aliphatic carbocycles. The van der Waals surface area contributed by atoms with Crippen LogP contribution in [0.5, 0.6) is 0 Å². The number of amides is 1. The third-order valence-corrected chi connectivity index (χ3v) is 3.03. The maximum atomic E-state index is 12.6. The second-order valence-electron chi connectivity index (χ2n) is 4.95. The highest BCUT2D eigenvalue weighted by Crippen LogP contribution is 2.25. The lowest BCUT2D eigenvalue weighted by Gasteiger charge is -2.18. The normalized spacial score (nSPS) is 13.3. The average Bonchev–Trinajstić information content (AvgIpc) is 2.30. The number of alkyl halides is 3. The molecule has 1 aromatic rings. The molecule has 4 nitrogen and oxygen atoms in total. The average molecular weight is 290 g/mol. The Morgan fingerprint density at radius 2 is 1.95 bits per heavy atom. The smallest absolute Gasteiger partial charge is 0.352 e. The van der Waals surface area contributed by atoms with E-state index in [-0.39, 0.29) is 12.0 Å². The molecule has 0 aromatic carbocycles. The standard InChI is InChI=1S/C13H17F3N2O2/c1-8(2)9(3)17-11(19)7-18-6-4-5-10(12(18)20)13(14,15)16/h4-6,8-9H,7H2,1-3H3,(H,17,19). The zero-order valence-electron chi connectivity index (χ0n) is 11.5. The minimum absolute atomic E-state index is 0.121. The molecule has 0 saturated carbocycles. The zero-order chi connectivity index (χ0) is 15.5. The molecule has 0 aliphatic rings. The highest BCUT2D eigenvalue weighted by molar-refractivity contribution is 5.76. The van der Waals surface area contributed by atoms with E-state index >= 15 is 0 Å². The van der Waals surface area contributed by atoms with Crippen LogP contribution in [0.4, 0.5) is 13.2 Å². The highest BCUT2D eigenvalue weighted by Gasteiger charge is 2.34. The molecule has 1 atom stereocenters. The van der Waals surface area contributed by atoms with E-state index in [9.17, 15) is 22.8 Å². The molecule has 112 valence electrons. The largest absolute Gasteiger partial charge is 0.421 e. The van der Waals surface area contributed by atoms with E-state index in [1.54, 1.807) is 6.92 Å². The molecule has 1 unspecified atom stereocenters. The molecule has 0 radical (unpaired) electrons. The van der Waals surface area contributed by atoms with Crippen molar-refractivity contribution in [2.75, 3.05) is 0 Å². The summed E-state index contributed by atoms with van der Waals surface area (Å²) in [6.07, 6.45) is -3.56. The van der Waals surface area contributed by atoms with Crippen LogP contribution >= 0.6 is 0 Å². The number of aromatic nitrogens is 1. The Morgan fingerprint density at radius 3 is 2.45 bits per heavy atom. The molecular formula is C13H17F3N2O2. The van der Waals surface area contributed by atoms with Crippen molar-refractivity contribution in [2.24, 2.45) is 5.92 Å². The van der Waals surface area contributed by atoms with Gasteiger partial charge in [-0.15, -0.1) is 0 Å². The van der Waals surface area contributed by atoms with Crippen LogP contribution in [-0.2, 0) is 17.5 Å². The Morgan fingerprint density at radius 1 is 1.35 bits per heavy atom. The lowest BCUT2D eigenvalue weighted by molar-refractivity contribution is -0.139. The summed E-state index contributed by atoms with van der Waals surface area (Å²) in [6.45, 7) is 5.17.